The Hall–Kier alpha value is -0.850. The Morgan fingerprint density at radius 1 is 1.26 bits per heavy atom. The first-order valence-electron chi connectivity index (χ1n) is 6.59. The molecule has 0 spiro atoms. The van der Waals surface area contributed by atoms with Crippen LogP contribution >= 0.6 is 0 Å². The van der Waals surface area contributed by atoms with E-state index in [0.717, 1.165) is 0 Å². The van der Waals surface area contributed by atoms with E-state index in [-0.39, 0.29) is 6.04 Å². The van der Waals surface area contributed by atoms with Crippen LogP contribution in [0.2, 0.25) is 0 Å². The van der Waals surface area contributed by atoms with Gasteiger partial charge in [-0.15, -0.1) is 0 Å². The van der Waals surface area contributed by atoms with Gasteiger partial charge in [0.1, 0.15) is 12.2 Å². The van der Waals surface area contributed by atoms with Crippen molar-refractivity contribution in [1.82, 2.24) is 4.90 Å². The molecule has 1 saturated heterocycles. The fraction of sp³-hybridized carbons (Fsp3) is 0.923. The van der Waals surface area contributed by atoms with E-state index >= 15 is 0 Å². The molecule has 1 heterocycles. The molecule has 2 N–H and O–H groups in total. The lowest BCUT2D eigenvalue weighted by molar-refractivity contribution is -0.169. The molecule has 1 aliphatic carbocycles. The smallest absolute Gasteiger partial charge is 0.408 e. The van der Waals surface area contributed by atoms with Crippen molar-refractivity contribution in [3.8, 4) is 0 Å². The lowest BCUT2D eigenvalue weighted by Crippen LogP contribution is -2.54. The first kappa shape index (κ1) is 14.6. The lowest BCUT2D eigenvalue weighted by atomic mass is 10.0. The van der Waals surface area contributed by atoms with Crippen molar-refractivity contribution in [3.05, 3.63) is 0 Å². The average molecular weight is 273 g/mol. The van der Waals surface area contributed by atoms with Gasteiger partial charge in [-0.25, -0.2) is 4.79 Å². The van der Waals surface area contributed by atoms with Gasteiger partial charge in [0.15, 0.2) is 5.79 Å². The van der Waals surface area contributed by atoms with Gasteiger partial charge < -0.3 is 19.7 Å². The lowest BCUT2D eigenvalue weighted by Gasteiger charge is -2.40. The predicted octanol–water partition coefficient (Wildman–Crippen LogP) is 1.42. The predicted molar refractivity (Wildman–Crippen MR) is 67.9 cm³/mol. The van der Waals surface area contributed by atoms with Crippen molar-refractivity contribution in [3.63, 3.8) is 0 Å². The molecular weight excluding hydrogens is 250 g/mol. The SMILES string of the molecule is CC1(C)O[C@@H]2[C@H](O1)[C@@H](O)C[C@H]2N(C(=O)O)C(C)(C)C. The topological polar surface area (TPSA) is 79.2 Å². The summed E-state index contributed by atoms with van der Waals surface area (Å²) >= 11 is 0. The fourth-order valence-corrected chi connectivity index (χ4v) is 3.11. The highest BCUT2D eigenvalue weighted by Crippen LogP contribution is 2.41. The molecule has 1 saturated carbocycles. The van der Waals surface area contributed by atoms with Gasteiger partial charge in [0.25, 0.3) is 0 Å². The molecule has 1 aliphatic heterocycles. The Morgan fingerprint density at radius 2 is 1.79 bits per heavy atom. The molecule has 0 bridgehead atoms. The van der Waals surface area contributed by atoms with Crippen molar-refractivity contribution in [1.29, 1.82) is 0 Å². The zero-order valence-corrected chi connectivity index (χ0v) is 12.1. The van der Waals surface area contributed by atoms with Gasteiger partial charge in [-0.3, -0.25) is 4.90 Å². The summed E-state index contributed by atoms with van der Waals surface area (Å²) in [6.07, 6.45) is -2.22. The number of hydrogen-bond acceptors (Lipinski definition) is 4. The molecule has 110 valence electrons. The molecule has 0 aromatic rings. The zero-order valence-electron chi connectivity index (χ0n) is 12.1. The minimum atomic E-state index is -1.00. The molecular formula is C13H23NO5. The molecule has 19 heavy (non-hydrogen) atoms. The molecule has 0 radical (unpaired) electrons. The van der Waals surface area contributed by atoms with Gasteiger partial charge in [0, 0.05) is 5.54 Å². The van der Waals surface area contributed by atoms with Crippen LogP contribution in [0.3, 0.4) is 0 Å². The summed E-state index contributed by atoms with van der Waals surface area (Å²) in [5.74, 6) is -0.781. The van der Waals surface area contributed by atoms with Crippen LogP contribution in [-0.4, -0.2) is 56.9 Å². The summed E-state index contributed by atoms with van der Waals surface area (Å²) in [6.45, 7) is 9.06. The third kappa shape index (κ3) is 2.57. The Kier molecular flexibility index (Phi) is 3.32. The second-order valence-corrected chi connectivity index (χ2v) is 6.76. The molecule has 4 atom stereocenters. The standard InChI is InChI=1S/C13H23NO5/c1-12(2,3)14(11(16)17)7-6-8(15)10-9(7)18-13(4,5)19-10/h7-10,15H,6H2,1-5H3,(H,16,17)/t7-,8+,9+,10-/m1/s1. The number of hydrogen-bond donors (Lipinski definition) is 2. The first-order chi connectivity index (χ1) is 8.53. The number of aliphatic hydroxyl groups is 1. The second kappa shape index (κ2) is 4.33. The quantitative estimate of drug-likeness (QED) is 0.755. The summed E-state index contributed by atoms with van der Waals surface area (Å²) in [5.41, 5.74) is -0.554. The third-order valence-electron chi connectivity index (χ3n) is 3.67. The van der Waals surface area contributed by atoms with Gasteiger partial charge in [0.05, 0.1) is 12.1 Å². The Balaban J connectivity index is 2.28. The molecule has 6 heteroatoms. The first-order valence-corrected chi connectivity index (χ1v) is 6.59. The largest absolute Gasteiger partial charge is 0.465 e. The number of aliphatic hydroxyl groups excluding tert-OH is 1. The number of carbonyl (C=O) groups is 1. The molecule has 0 aromatic heterocycles. The van der Waals surface area contributed by atoms with Crippen LogP contribution in [0.25, 0.3) is 0 Å². The van der Waals surface area contributed by atoms with Crippen molar-refractivity contribution in [2.24, 2.45) is 0 Å². The van der Waals surface area contributed by atoms with E-state index in [2.05, 4.69) is 0 Å². The van der Waals surface area contributed by atoms with Crippen LogP contribution in [0.1, 0.15) is 41.0 Å². The van der Waals surface area contributed by atoms with Crippen molar-refractivity contribution in [2.75, 3.05) is 0 Å². The maximum Gasteiger partial charge on any atom is 0.408 e. The summed E-state index contributed by atoms with van der Waals surface area (Å²) in [5, 5.41) is 19.5. The van der Waals surface area contributed by atoms with Gasteiger partial charge in [0.2, 0.25) is 0 Å². The Labute approximate surface area is 113 Å². The van der Waals surface area contributed by atoms with E-state index in [4.69, 9.17) is 9.47 Å². The summed E-state index contributed by atoms with van der Waals surface area (Å²) in [6, 6.07) is -0.390. The van der Waals surface area contributed by atoms with Crippen LogP contribution in [0.15, 0.2) is 0 Å². The highest BCUT2D eigenvalue weighted by Gasteiger charge is 2.57. The third-order valence-corrected chi connectivity index (χ3v) is 3.67. The minimum absolute atomic E-state index is 0.342. The fourth-order valence-electron chi connectivity index (χ4n) is 3.11. The Morgan fingerprint density at radius 3 is 2.26 bits per heavy atom. The highest BCUT2D eigenvalue weighted by atomic mass is 16.8. The second-order valence-electron chi connectivity index (χ2n) is 6.76. The zero-order chi connectivity index (χ0) is 14.6. The van der Waals surface area contributed by atoms with Crippen molar-refractivity contribution >= 4 is 6.09 Å². The van der Waals surface area contributed by atoms with E-state index in [1.54, 1.807) is 13.8 Å². The molecule has 6 nitrogen and oxygen atoms in total. The summed E-state index contributed by atoms with van der Waals surface area (Å²) in [7, 11) is 0. The number of rotatable bonds is 1. The summed E-state index contributed by atoms with van der Waals surface area (Å²) < 4.78 is 11.5. The van der Waals surface area contributed by atoms with E-state index in [0.29, 0.717) is 6.42 Å². The molecule has 2 aliphatic rings. The van der Waals surface area contributed by atoms with E-state index in [9.17, 15) is 15.0 Å². The number of amides is 1. The van der Waals surface area contributed by atoms with Crippen LogP contribution in [0.5, 0.6) is 0 Å². The summed E-state index contributed by atoms with van der Waals surface area (Å²) in [4.78, 5) is 12.9. The Bertz CT molecular complexity index is 376. The number of carboxylic acid groups (broad SMARTS) is 1. The highest BCUT2D eigenvalue weighted by molar-refractivity contribution is 5.66. The van der Waals surface area contributed by atoms with Crippen molar-refractivity contribution < 1.29 is 24.5 Å². The van der Waals surface area contributed by atoms with Crippen LogP contribution in [-0.2, 0) is 9.47 Å². The van der Waals surface area contributed by atoms with E-state index < -0.39 is 35.7 Å². The van der Waals surface area contributed by atoms with Gasteiger partial charge >= 0.3 is 6.09 Å². The normalized spacial score (nSPS) is 37.2. The number of nitrogens with zero attached hydrogens (tertiary/aromatic N) is 1. The number of ether oxygens (including phenoxy) is 2. The van der Waals surface area contributed by atoms with Gasteiger partial charge in [-0.1, -0.05) is 0 Å². The van der Waals surface area contributed by atoms with Crippen molar-refractivity contribution in [2.45, 2.75) is 76.7 Å². The minimum Gasteiger partial charge on any atom is -0.465 e. The molecule has 0 aromatic carbocycles. The number of fused-ring (bicyclic) bond motifs is 1. The molecule has 2 rings (SSSR count). The van der Waals surface area contributed by atoms with Gasteiger partial charge in [-0.2, -0.15) is 0 Å². The maximum atomic E-state index is 11.5. The van der Waals surface area contributed by atoms with Crippen LogP contribution in [0, 0.1) is 0 Å². The maximum absolute atomic E-state index is 11.5. The van der Waals surface area contributed by atoms with E-state index in [1.165, 1.54) is 4.90 Å². The van der Waals surface area contributed by atoms with E-state index in [1.807, 2.05) is 20.8 Å². The van der Waals surface area contributed by atoms with Gasteiger partial charge in [-0.05, 0) is 41.0 Å². The molecule has 2 fully saturated rings. The van der Waals surface area contributed by atoms with Crippen LogP contribution in [0.4, 0.5) is 4.79 Å². The average Bonchev–Trinajstić information content (AvgIpc) is 2.61. The molecule has 1 amide bonds. The monoisotopic (exact) mass is 273 g/mol. The van der Waals surface area contributed by atoms with Crippen LogP contribution < -0.4 is 0 Å². The molecule has 0 unspecified atom stereocenters.